The molecule has 0 unspecified atom stereocenters. The number of hydrogen-bond donors (Lipinski definition) is 1. The van der Waals surface area contributed by atoms with Crippen LogP contribution >= 0.6 is 11.6 Å². The van der Waals surface area contributed by atoms with Gasteiger partial charge in [0.2, 0.25) is 5.91 Å². The lowest BCUT2D eigenvalue weighted by Gasteiger charge is -2.43. The molecule has 3 fully saturated rings. The van der Waals surface area contributed by atoms with Crippen molar-refractivity contribution in [3.63, 3.8) is 0 Å². The molecule has 2 aromatic carbocycles. The van der Waals surface area contributed by atoms with Gasteiger partial charge in [-0.25, -0.2) is 8.78 Å². The molecule has 3 heterocycles. The van der Waals surface area contributed by atoms with Crippen LogP contribution in [0.1, 0.15) is 61.8 Å². The number of piperazine rings is 1. The summed E-state index contributed by atoms with van der Waals surface area (Å²) in [7, 11) is 0. The molecule has 6 rings (SSSR count). The third-order valence-corrected chi connectivity index (χ3v) is 10.3. The zero-order valence-electron chi connectivity index (χ0n) is 24.6. The Labute approximate surface area is 264 Å². The first-order valence-electron chi connectivity index (χ1n) is 15.5. The number of likely N-dealkylation sites (tertiary alicyclic amines) is 1. The van der Waals surface area contributed by atoms with Crippen molar-refractivity contribution in [2.45, 2.75) is 76.9 Å². The highest BCUT2D eigenvalue weighted by atomic mass is 35.5. The number of rotatable bonds is 7. The van der Waals surface area contributed by atoms with Gasteiger partial charge in [0.25, 0.3) is 0 Å². The molecule has 0 radical (unpaired) electrons. The molecule has 1 N–H and O–H groups in total. The fraction of sp³-hybridized carbons (Fsp3) is 0.588. The lowest BCUT2D eigenvalue weighted by Crippen LogP contribution is -2.59. The van der Waals surface area contributed by atoms with Gasteiger partial charge in [-0.1, -0.05) is 37.2 Å². The number of aryl methyl sites for hydroxylation is 1. The van der Waals surface area contributed by atoms with Gasteiger partial charge in [-0.15, -0.1) is 0 Å². The lowest BCUT2D eigenvalue weighted by molar-refractivity contribution is -0.147. The zero-order chi connectivity index (χ0) is 30.2. The summed E-state index contributed by atoms with van der Waals surface area (Å²) in [5.41, 5.74) is 2.69. The Bertz CT molecular complexity index is 1370. The van der Waals surface area contributed by atoms with Crippen LogP contribution in [0.5, 0.6) is 0 Å². The highest BCUT2D eigenvalue weighted by Gasteiger charge is 2.45. The molecule has 3 saturated heterocycles. The SMILES string of the molecule is C.C[C@H]1CN([C@@H](Cc2ccc3c(c2F)CCC3)C(=O)O)CCN1C(=O)[C@@H]1CN(C2CCOCC2)C[C@H]1c1ccc(Cl)cc1F. The Morgan fingerprint density at radius 2 is 1.84 bits per heavy atom. The maximum atomic E-state index is 15.3. The first-order chi connectivity index (χ1) is 20.7. The summed E-state index contributed by atoms with van der Waals surface area (Å²) in [4.78, 5) is 32.6. The van der Waals surface area contributed by atoms with Crippen molar-refractivity contribution in [1.29, 1.82) is 0 Å². The molecule has 4 atom stereocenters. The van der Waals surface area contributed by atoms with Crippen LogP contribution in [0.2, 0.25) is 5.02 Å². The van der Waals surface area contributed by atoms with Crippen molar-refractivity contribution < 1.29 is 28.2 Å². The van der Waals surface area contributed by atoms with E-state index in [1.165, 1.54) is 6.07 Å². The standard InChI is InChI=1S/C33H40ClF2N3O4.CH4/c1-20-17-37(30(33(41)42)15-22-6-5-21-3-2-4-25(21)31(22)36)11-12-39(20)32(40)28-19-38(24-9-13-43-14-10-24)18-27(28)26-8-7-23(34)16-29(26)35;/h5-8,16,20,24,27-28,30H,2-4,9-15,17-19H2,1H3,(H,41,42);1H4/t20-,27-,28+,30-;/m0./s1. The van der Waals surface area contributed by atoms with E-state index in [-0.39, 0.29) is 43.6 Å². The predicted octanol–water partition coefficient (Wildman–Crippen LogP) is 5.17. The average molecular weight is 632 g/mol. The Balaban J connectivity index is 0.00000384. The number of nitrogens with zero attached hydrogens (tertiary/aromatic N) is 3. The summed E-state index contributed by atoms with van der Waals surface area (Å²) < 4.78 is 36.0. The van der Waals surface area contributed by atoms with E-state index in [0.717, 1.165) is 36.8 Å². The smallest absolute Gasteiger partial charge is 0.321 e. The molecule has 1 aliphatic carbocycles. The van der Waals surface area contributed by atoms with Crippen LogP contribution in [0.3, 0.4) is 0 Å². The van der Waals surface area contributed by atoms with Gasteiger partial charge in [0.15, 0.2) is 0 Å². The number of carboxylic acid groups (broad SMARTS) is 1. The summed E-state index contributed by atoms with van der Waals surface area (Å²) in [6.07, 6.45) is 4.32. The van der Waals surface area contributed by atoms with Gasteiger partial charge < -0.3 is 14.7 Å². The summed E-state index contributed by atoms with van der Waals surface area (Å²) in [5, 5.41) is 10.5. The maximum absolute atomic E-state index is 15.3. The van der Waals surface area contributed by atoms with Crippen LogP contribution < -0.4 is 0 Å². The zero-order valence-corrected chi connectivity index (χ0v) is 25.4. The van der Waals surface area contributed by atoms with Crippen LogP contribution in [0.15, 0.2) is 30.3 Å². The summed E-state index contributed by atoms with van der Waals surface area (Å²) in [5.74, 6) is -2.43. The van der Waals surface area contributed by atoms with Crippen molar-refractivity contribution >= 4 is 23.5 Å². The Kier molecular flexibility index (Phi) is 10.3. The summed E-state index contributed by atoms with van der Waals surface area (Å²) in [6.45, 7) is 5.52. The van der Waals surface area contributed by atoms with Crippen molar-refractivity contribution in [2.75, 3.05) is 45.9 Å². The number of hydrogen-bond acceptors (Lipinski definition) is 5. The molecule has 240 valence electrons. The van der Waals surface area contributed by atoms with Crippen molar-refractivity contribution in [3.05, 3.63) is 69.2 Å². The molecule has 4 aliphatic rings. The summed E-state index contributed by atoms with van der Waals surface area (Å²) in [6, 6.07) is 7.51. The number of carboxylic acids is 1. The fourth-order valence-corrected chi connectivity index (χ4v) is 7.93. The minimum Gasteiger partial charge on any atom is -0.480 e. The average Bonchev–Trinajstić information content (AvgIpc) is 3.65. The molecule has 0 saturated carbocycles. The number of ether oxygens (including phenoxy) is 1. The van der Waals surface area contributed by atoms with E-state index in [4.69, 9.17) is 16.3 Å². The Morgan fingerprint density at radius 1 is 1.07 bits per heavy atom. The van der Waals surface area contributed by atoms with Crippen LogP contribution in [-0.4, -0.2) is 95.7 Å². The topological polar surface area (TPSA) is 73.3 Å². The minimum absolute atomic E-state index is 0. The lowest BCUT2D eigenvalue weighted by atomic mass is 9.87. The maximum Gasteiger partial charge on any atom is 0.321 e. The van der Waals surface area contributed by atoms with Gasteiger partial charge in [-0.3, -0.25) is 19.4 Å². The minimum atomic E-state index is -0.993. The van der Waals surface area contributed by atoms with E-state index in [2.05, 4.69) is 4.90 Å². The largest absolute Gasteiger partial charge is 0.480 e. The van der Waals surface area contributed by atoms with E-state index in [1.54, 1.807) is 18.2 Å². The number of aliphatic carboxylic acids is 1. The van der Waals surface area contributed by atoms with Gasteiger partial charge in [0.1, 0.15) is 17.7 Å². The molecule has 1 amide bonds. The molecular weight excluding hydrogens is 588 g/mol. The van der Waals surface area contributed by atoms with Gasteiger partial charge in [-0.2, -0.15) is 0 Å². The fourth-order valence-electron chi connectivity index (χ4n) is 7.77. The van der Waals surface area contributed by atoms with Crippen LogP contribution in [-0.2, 0) is 33.6 Å². The molecule has 44 heavy (non-hydrogen) atoms. The molecule has 0 spiro atoms. The molecule has 0 aromatic heterocycles. The van der Waals surface area contributed by atoms with Crippen molar-refractivity contribution in [3.8, 4) is 0 Å². The van der Waals surface area contributed by atoms with Gasteiger partial charge in [0, 0.05) is 75.4 Å². The first-order valence-corrected chi connectivity index (χ1v) is 15.9. The molecule has 3 aliphatic heterocycles. The first kappa shape index (κ1) is 32.8. The molecular formula is C34H44ClF2N3O4. The van der Waals surface area contributed by atoms with Gasteiger partial charge >= 0.3 is 5.97 Å². The second kappa shape index (κ2) is 13.8. The highest BCUT2D eigenvalue weighted by molar-refractivity contribution is 6.30. The van der Waals surface area contributed by atoms with Crippen molar-refractivity contribution in [1.82, 2.24) is 14.7 Å². The monoisotopic (exact) mass is 631 g/mol. The number of carbonyl (C=O) groups excluding carboxylic acids is 1. The highest BCUT2D eigenvalue weighted by Crippen LogP contribution is 2.39. The van der Waals surface area contributed by atoms with E-state index in [0.29, 0.717) is 68.5 Å². The van der Waals surface area contributed by atoms with Gasteiger partial charge in [0.05, 0.1) is 5.92 Å². The van der Waals surface area contributed by atoms with Crippen LogP contribution in [0.25, 0.3) is 0 Å². The molecule has 10 heteroatoms. The number of amides is 1. The second-order valence-electron chi connectivity index (χ2n) is 12.6. The number of fused-ring (bicyclic) bond motifs is 1. The molecule has 0 bridgehead atoms. The molecule has 7 nitrogen and oxygen atoms in total. The second-order valence-corrected chi connectivity index (χ2v) is 13.1. The van der Waals surface area contributed by atoms with E-state index in [1.807, 2.05) is 22.8 Å². The third kappa shape index (κ3) is 6.52. The van der Waals surface area contributed by atoms with E-state index < -0.39 is 23.7 Å². The van der Waals surface area contributed by atoms with Crippen molar-refractivity contribution in [2.24, 2.45) is 5.92 Å². The van der Waals surface area contributed by atoms with Gasteiger partial charge in [-0.05, 0) is 73.4 Å². The van der Waals surface area contributed by atoms with E-state index in [9.17, 15) is 14.7 Å². The van der Waals surface area contributed by atoms with E-state index >= 15 is 8.78 Å². The Hall–Kier alpha value is -2.59. The third-order valence-electron chi connectivity index (χ3n) is 10.1. The quantitative estimate of drug-likeness (QED) is 0.455. The predicted molar refractivity (Wildman–Crippen MR) is 166 cm³/mol. The molecule has 2 aromatic rings. The summed E-state index contributed by atoms with van der Waals surface area (Å²) >= 11 is 6.05. The Morgan fingerprint density at radius 3 is 2.55 bits per heavy atom. The van der Waals surface area contributed by atoms with Crippen LogP contribution in [0, 0.1) is 17.6 Å². The number of carbonyl (C=O) groups is 2. The number of halogens is 3. The normalized spacial score (nSPS) is 25.5. The van der Waals surface area contributed by atoms with Crippen LogP contribution in [0.4, 0.5) is 8.78 Å². The number of benzene rings is 2.